The molecular weight excluding hydrogens is 469 g/mol. The van der Waals surface area contributed by atoms with Gasteiger partial charge in [-0.05, 0) is 29.8 Å². The average molecular weight is 488 g/mol. The second-order valence-corrected chi connectivity index (χ2v) is 7.96. The number of alkyl halides is 2. The Morgan fingerprint density at radius 3 is 2.60 bits per heavy atom. The Hall–Kier alpha value is -4.29. The Bertz CT molecular complexity index is 1330. The lowest BCUT2D eigenvalue weighted by Crippen LogP contribution is -2.37. The molecule has 1 fully saturated rings. The number of aromatic hydroxyl groups is 1. The summed E-state index contributed by atoms with van der Waals surface area (Å²) in [6.07, 6.45) is 0.454. The van der Waals surface area contributed by atoms with E-state index < -0.39 is 59.6 Å². The molecule has 13 heteroatoms. The summed E-state index contributed by atoms with van der Waals surface area (Å²) < 4.78 is 42.7. The van der Waals surface area contributed by atoms with Gasteiger partial charge < -0.3 is 15.3 Å². The van der Waals surface area contributed by atoms with Gasteiger partial charge >= 0.3 is 0 Å². The van der Waals surface area contributed by atoms with Gasteiger partial charge in [0.15, 0.2) is 11.4 Å². The van der Waals surface area contributed by atoms with Gasteiger partial charge in [-0.2, -0.15) is 5.10 Å². The molecule has 1 aliphatic heterocycles. The van der Waals surface area contributed by atoms with E-state index in [1.165, 1.54) is 49.6 Å². The number of rotatable bonds is 5. The van der Waals surface area contributed by atoms with Crippen LogP contribution >= 0.6 is 0 Å². The maximum atomic E-state index is 14.4. The van der Waals surface area contributed by atoms with Gasteiger partial charge in [-0.15, -0.1) is 5.10 Å². The van der Waals surface area contributed by atoms with Gasteiger partial charge in [0.05, 0.1) is 12.6 Å². The molecule has 0 bridgehead atoms. The van der Waals surface area contributed by atoms with Crippen molar-refractivity contribution in [2.24, 2.45) is 7.05 Å². The average Bonchev–Trinajstić information content (AvgIpc) is 3.17. The van der Waals surface area contributed by atoms with E-state index in [1.54, 1.807) is 0 Å². The number of hydrogen-bond acceptors (Lipinski definition) is 7. The quantitative estimate of drug-likeness (QED) is 0.558. The second-order valence-electron chi connectivity index (χ2n) is 7.96. The molecule has 2 aromatic heterocycles. The molecule has 0 saturated carbocycles. The highest BCUT2D eigenvalue weighted by Gasteiger charge is 2.49. The van der Waals surface area contributed by atoms with Crippen molar-refractivity contribution in [2.75, 3.05) is 6.54 Å². The van der Waals surface area contributed by atoms with Crippen molar-refractivity contribution in [1.29, 1.82) is 0 Å². The summed E-state index contributed by atoms with van der Waals surface area (Å²) in [5, 5.41) is 19.9. The molecule has 0 unspecified atom stereocenters. The lowest BCUT2D eigenvalue weighted by molar-refractivity contribution is 0.0116. The van der Waals surface area contributed by atoms with Gasteiger partial charge in [0.25, 0.3) is 23.3 Å². The molecule has 1 saturated heterocycles. The van der Waals surface area contributed by atoms with Crippen LogP contribution in [0.15, 0.2) is 47.4 Å². The monoisotopic (exact) mass is 488 g/mol. The molecule has 4 rings (SSSR count). The highest BCUT2D eigenvalue weighted by Crippen LogP contribution is 2.41. The Labute approximate surface area is 196 Å². The fourth-order valence-electron chi connectivity index (χ4n) is 3.76. The molecule has 1 aromatic carbocycles. The molecule has 10 nitrogen and oxygen atoms in total. The van der Waals surface area contributed by atoms with Crippen molar-refractivity contribution in [3.05, 3.63) is 81.5 Å². The van der Waals surface area contributed by atoms with Crippen LogP contribution in [0.25, 0.3) is 0 Å². The number of benzene rings is 1. The van der Waals surface area contributed by atoms with Crippen molar-refractivity contribution >= 4 is 11.8 Å². The highest BCUT2D eigenvalue weighted by atomic mass is 19.3. The van der Waals surface area contributed by atoms with Crippen molar-refractivity contribution < 1.29 is 27.9 Å². The zero-order valence-corrected chi connectivity index (χ0v) is 18.3. The van der Waals surface area contributed by atoms with Gasteiger partial charge in [0.2, 0.25) is 5.75 Å². The molecule has 0 spiro atoms. The number of carbonyl (C=O) groups excluding carboxylic acids is 2. The number of carbonyl (C=O) groups is 2. The molecule has 2 amide bonds. The Balaban J connectivity index is 1.68. The number of halogens is 3. The first-order chi connectivity index (χ1) is 16.6. The minimum absolute atomic E-state index is 0.0798. The molecule has 0 radical (unpaired) electrons. The largest absolute Gasteiger partial charge is 0.501 e. The fourth-order valence-corrected chi connectivity index (χ4v) is 3.76. The van der Waals surface area contributed by atoms with E-state index in [0.29, 0.717) is 5.56 Å². The molecule has 2 N–H and O–H groups in total. The zero-order valence-electron chi connectivity index (χ0n) is 18.3. The molecule has 182 valence electrons. The second kappa shape index (κ2) is 9.16. The van der Waals surface area contributed by atoms with E-state index in [2.05, 4.69) is 20.5 Å². The molecule has 0 aliphatic carbocycles. The third-order valence-corrected chi connectivity index (χ3v) is 5.50. The minimum atomic E-state index is -3.30. The minimum Gasteiger partial charge on any atom is -0.501 e. The topological polar surface area (TPSA) is 130 Å². The van der Waals surface area contributed by atoms with Crippen LogP contribution in [0.5, 0.6) is 5.75 Å². The van der Waals surface area contributed by atoms with Crippen LogP contribution in [0.1, 0.15) is 44.8 Å². The van der Waals surface area contributed by atoms with E-state index in [-0.39, 0.29) is 18.1 Å². The van der Waals surface area contributed by atoms with Crippen LogP contribution in [0.2, 0.25) is 0 Å². The van der Waals surface area contributed by atoms with E-state index in [4.69, 9.17) is 0 Å². The van der Waals surface area contributed by atoms with Gasteiger partial charge in [-0.1, -0.05) is 12.1 Å². The standard InChI is InChI=1S/C22H19F3N6O4/c1-30-18(15-9-22(24,25)11-31(15)20(34)14-3-2-8-27-29-14)28-16(17(32)21(30)35)19(33)26-10-12-4-6-13(23)7-5-12/h2-8,15,32H,9-11H2,1H3,(H,26,33)/t15-/m0/s1. The summed E-state index contributed by atoms with van der Waals surface area (Å²) in [6.45, 7) is -1.04. The van der Waals surface area contributed by atoms with Gasteiger partial charge in [0.1, 0.15) is 11.6 Å². The SMILES string of the molecule is Cn1c([C@@H]2CC(F)(F)CN2C(=O)c2cccnn2)nc(C(=O)NCc2ccc(F)cc2)c(O)c1=O. The van der Waals surface area contributed by atoms with E-state index in [1.807, 2.05) is 0 Å². The predicted molar refractivity (Wildman–Crippen MR) is 114 cm³/mol. The van der Waals surface area contributed by atoms with Crippen LogP contribution in [0.3, 0.4) is 0 Å². The molecule has 3 heterocycles. The summed E-state index contributed by atoms with van der Waals surface area (Å²) in [5.74, 6) is -6.88. The number of aromatic nitrogens is 4. The van der Waals surface area contributed by atoms with Gasteiger partial charge in [-0.3, -0.25) is 19.0 Å². The van der Waals surface area contributed by atoms with Gasteiger partial charge in [-0.25, -0.2) is 18.2 Å². The maximum absolute atomic E-state index is 14.4. The number of likely N-dealkylation sites (tertiary alicyclic amines) is 1. The summed E-state index contributed by atoms with van der Waals surface area (Å²) >= 11 is 0. The first-order valence-corrected chi connectivity index (χ1v) is 10.4. The van der Waals surface area contributed by atoms with E-state index in [0.717, 1.165) is 9.47 Å². The maximum Gasteiger partial charge on any atom is 0.296 e. The van der Waals surface area contributed by atoms with Crippen LogP contribution in [-0.4, -0.2) is 54.0 Å². The van der Waals surface area contributed by atoms with Gasteiger partial charge in [0, 0.05) is 26.2 Å². The molecule has 1 atom stereocenters. The highest BCUT2D eigenvalue weighted by molar-refractivity contribution is 5.95. The number of nitrogens with one attached hydrogen (secondary N) is 1. The first-order valence-electron chi connectivity index (χ1n) is 10.4. The third-order valence-electron chi connectivity index (χ3n) is 5.50. The van der Waals surface area contributed by atoms with E-state index >= 15 is 0 Å². The van der Waals surface area contributed by atoms with Crippen LogP contribution in [0.4, 0.5) is 13.2 Å². The van der Waals surface area contributed by atoms with Crippen LogP contribution in [0, 0.1) is 5.82 Å². The predicted octanol–water partition coefficient (Wildman–Crippen LogP) is 1.57. The van der Waals surface area contributed by atoms with Crippen LogP contribution in [-0.2, 0) is 13.6 Å². The molecule has 1 aliphatic rings. The van der Waals surface area contributed by atoms with Crippen LogP contribution < -0.4 is 10.9 Å². The Kier molecular flexibility index (Phi) is 6.24. The number of amides is 2. The Morgan fingerprint density at radius 1 is 1.23 bits per heavy atom. The summed E-state index contributed by atoms with van der Waals surface area (Å²) in [4.78, 5) is 43.0. The normalized spacial score (nSPS) is 16.8. The fraction of sp³-hybridized carbons (Fsp3) is 0.273. The van der Waals surface area contributed by atoms with Crippen molar-refractivity contribution in [2.45, 2.75) is 24.9 Å². The summed E-state index contributed by atoms with van der Waals surface area (Å²) in [7, 11) is 1.19. The molecule has 3 aromatic rings. The number of nitrogens with zero attached hydrogens (tertiary/aromatic N) is 5. The third kappa shape index (κ3) is 4.83. The molecule has 35 heavy (non-hydrogen) atoms. The zero-order chi connectivity index (χ0) is 25.3. The van der Waals surface area contributed by atoms with Crippen molar-refractivity contribution in [3.8, 4) is 5.75 Å². The molecular formula is C22H19F3N6O4. The van der Waals surface area contributed by atoms with Crippen molar-refractivity contribution in [3.63, 3.8) is 0 Å². The first kappa shape index (κ1) is 23.9. The lowest BCUT2D eigenvalue weighted by atomic mass is 10.1. The van der Waals surface area contributed by atoms with E-state index in [9.17, 15) is 32.7 Å². The van der Waals surface area contributed by atoms with Crippen molar-refractivity contribution in [1.82, 2.24) is 30.0 Å². The summed E-state index contributed by atoms with van der Waals surface area (Å²) in [5.41, 5.74) is -1.40. The number of hydrogen-bond donors (Lipinski definition) is 2. The Morgan fingerprint density at radius 2 is 1.94 bits per heavy atom. The smallest absolute Gasteiger partial charge is 0.296 e. The summed E-state index contributed by atoms with van der Waals surface area (Å²) in [6, 6.07) is 6.57. The lowest BCUT2D eigenvalue weighted by Gasteiger charge is -2.24.